The summed E-state index contributed by atoms with van der Waals surface area (Å²) < 4.78 is 2.76. The van der Waals surface area contributed by atoms with Gasteiger partial charge < -0.3 is 11.1 Å². The van der Waals surface area contributed by atoms with E-state index in [-0.39, 0.29) is 6.04 Å². The van der Waals surface area contributed by atoms with Crippen molar-refractivity contribution in [2.24, 2.45) is 5.73 Å². The molecule has 0 rings (SSSR count). The third kappa shape index (κ3) is 6.28. The highest BCUT2D eigenvalue weighted by Crippen LogP contribution is 2.00. The molecule has 0 saturated carbocycles. The molecule has 0 bridgehead atoms. The second-order valence-corrected chi connectivity index (χ2v) is 3.01. The van der Waals surface area contributed by atoms with Crippen LogP contribution in [0.3, 0.4) is 0 Å². The fourth-order valence-electron chi connectivity index (χ4n) is 0.937. The van der Waals surface area contributed by atoms with Crippen molar-refractivity contribution in [2.45, 2.75) is 32.2 Å². The Hall–Kier alpha value is -0.440. The summed E-state index contributed by atoms with van der Waals surface area (Å²) in [6, 6.07) is -0.363. The number of halogens is 1. The maximum atomic E-state index is 10.5. The zero-order valence-electron chi connectivity index (χ0n) is 7.06. The number of primary amides is 1. The molecule has 4 heteroatoms. The summed E-state index contributed by atoms with van der Waals surface area (Å²) in [5.74, 6) is 2.90. The monoisotopic (exact) mass is 280 g/mol. The number of nitrogens with one attached hydrogen (secondary N) is 1. The van der Waals surface area contributed by atoms with Crippen LogP contribution in [0.5, 0.6) is 0 Å². The minimum atomic E-state index is -0.469. The van der Waals surface area contributed by atoms with E-state index in [0.717, 1.165) is 12.8 Å². The maximum absolute atomic E-state index is 10.5. The molecule has 3 N–H and O–H groups in total. The van der Waals surface area contributed by atoms with Crippen LogP contribution in [-0.2, 0) is 0 Å². The molecule has 12 heavy (non-hydrogen) atoms. The van der Waals surface area contributed by atoms with Crippen LogP contribution in [0, 0.1) is 9.85 Å². The van der Waals surface area contributed by atoms with Crippen LogP contribution in [0.15, 0.2) is 0 Å². The Bertz CT molecular complexity index is 195. The number of urea groups is 1. The lowest BCUT2D eigenvalue weighted by Gasteiger charge is -2.12. The molecular formula is C8H13IN2O. The van der Waals surface area contributed by atoms with Gasteiger partial charge in [-0.05, 0) is 10.3 Å². The van der Waals surface area contributed by atoms with E-state index in [2.05, 4.69) is 22.1 Å². The average molecular weight is 280 g/mol. The van der Waals surface area contributed by atoms with Crippen LogP contribution in [0.2, 0.25) is 0 Å². The highest BCUT2D eigenvalue weighted by Gasteiger charge is 2.06. The van der Waals surface area contributed by atoms with Gasteiger partial charge in [-0.3, -0.25) is 0 Å². The van der Waals surface area contributed by atoms with Crippen molar-refractivity contribution in [3.63, 3.8) is 0 Å². The number of carbonyl (C=O) groups is 1. The first-order valence-corrected chi connectivity index (χ1v) is 4.93. The Kier molecular flexibility index (Phi) is 6.96. The van der Waals surface area contributed by atoms with Gasteiger partial charge in [0.05, 0.1) is 0 Å². The predicted molar refractivity (Wildman–Crippen MR) is 57.8 cm³/mol. The summed E-state index contributed by atoms with van der Waals surface area (Å²) in [7, 11) is 0. The quantitative estimate of drug-likeness (QED) is 0.596. The highest BCUT2D eigenvalue weighted by atomic mass is 127. The predicted octanol–water partition coefficient (Wildman–Crippen LogP) is 1.61. The van der Waals surface area contributed by atoms with Crippen molar-refractivity contribution in [1.82, 2.24) is 5.32 Å². The zero-order chi connectivity index (χ0) is 9.40. The molecular weight excluding hydrogens is 267 g/mol. The van der Waals surface area contributed by atoms with E-state index in [1.54, 1.807) is 0 Å². The van der Waals surface area contributed by atoms with Gasteiger partial charge in [0, 0.05) is 35.1 Å². The first-order valence-electron chi connectivity index (χ1n) is 3.85. The molecule has 0 aromatic heterocycles. The van der Waals surface area contributed by atoms with Crippen molar-refractivity contribution in [3.8, 4) is 9.85 Å². The minimum absolute atomic E-state index is 0.106. The Labute approximate surface area is 86.6 Å². The lowest BCUT2D eigenvalue weighted by atomic mass is 10.1. The molecule has 0 heterocycles. The van der Waals surface area contributed by atoms with Crippen LogP contribution >= 0.6 is 22.6 Å². The number of hydrogen-bond donors (Lipinski definition) is 2. The van der Waals surface area contributed by atoms with Crippen molar-refractivity contribution >= 4 is 28.6 Å². The number of rotatable bonds is 4. The summed E-state index contributed by atoms with van der Waals surface area (Å²) >= 11 is 1.98. The molecule has 3 nitrogen and oxygen atoms in total. The molecule has 0 fully saturated rings. The summed E-state index contributed by atoms with van der Waals surface area (Å²) in [5, 5.41) is 2.65. The zero-order valence-corrected chi connectivity index (χ0v) is 9.22. The van der Waals surface area contributed by atoms with Crippen molar-refractivity contribution in [2.75, 3.05) is 0 Å². The third-order valence-electron chi connectivity index (χ3n) is 1.40. The first-order chi connectivity index (χ1) is 5.70. The second kappa shape index (κ2) is 7.22. The molecule has 0 radical (unpaired) electrons. The third-order valence-corrected chi connectivity index (χ3v) is 1.78. The van der Waals surface area contributed by atoms with Crippen LogP contribution in [0.25, 0.3) is 0 Å². The van der Waals surface area contributed by atoms with E-state index in [4.69, 9.17) is 5.73 Å². The molecule has 68 valence electrons. The largest absolute Gasteiger partial charge is 0.352 e. The van der Waals surface area contributed by atoms with E-state index in [0.29, 0.717) is 6.42 Å². The van der Waals surface area contributed by atoms with Gasteiger partial charge in [0.25, 0.3) is 0 Å². The fourth-order valence-corrected chi connectivity index (χ4v) is 1.16. The molecule has 0 aliphatic heterocycles. The van der Waals surface area contributed by atoms with Crippen LogP contribution < -0.4 is 11.1 Å². The topological polar surface area (TPSA) is 55.1 Å². The van der Waals surface area contributed by atoms with Gasteiger partial charge in [0.2, 0.25) is 0 Å². The summed E-state index contributed by atoms with van der Waals surface area (Å²) in [4.78, 5) is 10.5. The Balaban J connectivity index is 3.82. The van der Waals surface area contributed by atoms with E-state index in [9.17, 15) is 4.79 Å². The standard InChI is InChI=1S/C8H13IN2O/c1-2-4-7(5-3-6-9)11-8(10)12/h7H,2,4-5H2,1H3,(H3,10,11,12). The molecule has 0 aromatic carbocycles. The van der Waals surface area contributed by atoms with Gasteiger partial charge >= 0.3 is 6.03 Å². The SMILES string of the molecule is CCCC(CC#CI)NC(N)=O. The lowest BCUT2D eigenvalue weighted by molar-refractivity contribution is 0.244. The van der Waals surface area contributed by atoms with E-state index in [1.807, 2.05) is 22.6 Å². The second-order valence-electron chi connectivity index (χ2n) is 2.47. The van der Waals surface area contributed by atoms with Gasteiger partial charge in [-0.1, -0.05) is 19.3 Å². The molecule has 2 amide bonds. The molecule has 0 aliphatic rings. The van der Waals surface area contributed by atoms with Crippen LogP contribution in [-0.4, -0.2) is 12.1 Å². The molecule has 1 unspecified atom stereocenters. The average Bonchev–Trinajstić information content (AvgIpc) is 2.00. The molecule has 0 spiro atoms. The van der Waals surface area contributed by atoms with E-state index in [1.165, 1.54) is 0 Å². The fraction of sp³-hybridized carbons (Fsp3) is 0.625. The Morgan fingerprint density at radius 2 is 2.42 bits per heavy atom. The van der Waals surface area contributed by atoms with E-state index >= 15 is 0 Å². The number of nitrogens with two attached hydrogens (primary N) is 1. The van der Waals surface area contributed by atoms with Gasteiger partial charge in [-0.15, -0.1) is 0 Å². The Morgan fingerprint density at radius 1 is 1.75 bits per heavy atom. The van der Waals surface area contributed by atoms with Gasteiger partial charge in [-0.2, -0.15) is 0 Å². The smallest absolute Gasteiger partial charge is 0.312 e. The van der Waals surface area contributed by atoms with Crippen LogP contribution in [0.4, 0.5) is 4.79 Å². The van der Waals surface area contributed by atoms with Crippen molar-refractivity contribution in [3.05, 3.63) is 0 Å². The summed E-state index contributed by atoms with van der Waals surface area (Å²) in [5.41, 5.74) is 5.00. The Morgan fingerprint density at radius 3 is 2.83 bits per heavy atom. The van der Waals surface area contributed by atoms with Gasteiger partial charge in [-0.25, -0.2) is 4.79 Å². The molecule has 0 saturated heterocycles. The van der Waals surface area contributed by atoms with Crippen molar-refractivity contribution in [1.29, 1.82) is 0 Å². The minimum Gasteiger partial charge on any atom is -0.352 e. The molecule has 0 aromatic rings. The maximum Gasteiger partial charge on any atom is 0.312 e. The summed E-state index contributed by atoms with van der Waals surface area (Å²) in [6.07, 6.45) is 2.63. The molecule has 1 atom stereocenters. The normalized spacial score (nSPS) is 11.2. The summed E-state index contributed by atoms with van der Waals surface area (Å²) in [6.45, 7) is 2.06. The number of carbonyl (C=O) groups excluding carboxylic acids is 1. The lowest BCUT2D eigenvalue weighted by Crippen LogP contribution is -2.38. The van der Waals surface area contributed by atoms with Gasteiger partial charge in [0.1, 0.15) is 0 Å². The number of hydrogen-bond acceptors (Lipinski definition) is 1. The van der Waals surface area contributed by atoms with Gasteiger partial charge in [0.15, 0.2) is 0 Å². The number of amides is 2. The highest BCUT2D eigenvalue weighted by molar-refractivity contribution is 14.1. The first kappa shape index (κ1) is 11.6. The molecule has 0 aliphatic carbocycles. The van der Waals surface area contributed by atoms with E-state index < -0.39 is 6.03 Å². The van der Waals surface area contributed by atoms with Crippen molar-refractivity contribution < 1.29 is 4.79 Å². The van der Waals surface area contributed by atoms with Crippen LogP contribution in [0.1, 0.15) is 26.2 Å².